The highest BCUT2D eigenvalue weighted by atomic mass is 16.4. The fourth-order valence-corrected chi connectivity index (χ4v) is 3.91. The van der Waals surface area contributed by atoms with Crippen molar-refractivity contribution < 1.29 is 14.7 Å². The molecule has 0 spiro atoms. The van der Waals surface area contributed by atoms with Crippen LogP contribution in [0.1, 0.15) is 24.0 Å². The molecular weight excluding hydrogens is 354 g/mol. The molecule has 148 valence electrons. The second-order valence-corrected chi connectivity index (χ2v) is 7.48. The van der Waals surface area contributed by atoms with Gasteiger partial charge in [0, 0.05) is 37.5 Å². The highest BCUT2D eigenvalue weighted by Gasteiger charge is 2.34. The average molecular weight is 381 g/mol. The van der Waals surface area contributed by atoms with E-state index < -0.39 is 12.0 Å². The van der Waals surface area contributed by atoms with Gasteiger partial charge in [0.05, 0.1) is 5.69 Å². The van der Waals surface area contributed by atoms with Crippen LogP contribution in [0, 0.1) is 13.8 Å². The molecule has 0 radical (unpaired) electrons. The summed E-state index contributed by atoms with van der Waals surface area (Å²) in [5.74, 6) is -0.953. The maximum atomic E-state index is 12.9. The highest BCUT2D eigenvalue weighted by Crippen LogP contribution is 2.39. The van der Waals surface area contributed by atoms with Crippen molar-refractivity contribution in [2.45, 2.75) is 32.7 Å². The van der Waals surface area contributed by atoms with Crippen LogP contribution in [0.4, 0.5) is 16.2 Å². The van der Waals surface area contributed by atoms with Crippen LogP contribution in [-0.2, 0) is 4.79 Å². The fourth-order valence-electron chi connectivity index (χ4n) is 3.91. The third kappa shape index (κ3) is 3.67. The van der Waals surface area contributed by atoms with Crippen LogP contribution < -0.4 is 10.2 Å². The molecule has 1 fully saturated rings. The van der Waals surface area contributed by atoms with Gasteiger partial charge in [-0.1, -0.05) is 24.3 Å². The lowest BCUT2D eigenvalue weighted by Crippen LogP contribution is -2.42. The van der Waals surface area contributed by atoms with E-state index in [1.54, 1.807) is 0 Å². The molecule has 6 nitrogen and oxygen atoms in total. The number of nitrogens with zero attached hydrogens (tertiary/aromatic N) is 2. The number of amides is 2. The summed E-state index contributed by atoms with van der Waals surface area (Å²) in [5.41, 5.74) is 5.95. The van der Waals surface area contributed by atoms with Gasteiger partial charge in [0.25, 0.3) is 0 Å². The van der Waals surface area contributed by atoms with Crippen LogP contribution in [0.15, 0.2) is 36.4 Å². The van der Waals surface area contributed by atoms with Crippen LogP contribution >= 0.6 is 0 Å². The van der Waals surface area contributed by atoms with Gasteiger partial charge < -0.3 is 20.2 Å². The quantitative estimate of drug-likeness (QED) is 0.836. The highest BCUT2D eigenvalue weighted by molar-refractivity contribution is 5.99. The first kappa shape index (κ1) is 19.7. The largest absolute Gasteiger partial charge is 0.480 e. The molecule has 2 amide bonds. The van der Waals surface area contributed by atoms with E-state index in [1.807, 2.05) is 45.3 Å². The molecule has 6 heteroatoms. The van der Waals surface area contributed by atoms with Gasteiger partial charge in [0.1, 0.15) is 6.04 Å². The summed E-state index contributed by atoms with van der Waals surface area (Å²) < 4.78 is 0. The predicted octanol–water partition coefficient (Wildman–Crippen LogP) is 4.12. The lowest BCUT2D eigenvalue weighted by molar-refractivity contribution is -0.141. The van der Waals surface area contributed by atoms with Crippen molar-refractivity contribution >= 4 is 23.4 Å². The van der Waals surface area contributed by atoms with E-state index in [2.05, 4.69) is 29.3 Å². The number of carboxylic acid groups (broad SMARTS) is 1. The summed E-state index contributed by atoms with van der Waals surface area (Å²) >= 11 is 0. The van der Waals surface area contributed by atoms with Crippen LogP contribution in [0.2, 0.25) is 0 Å². The topological polar surface area (TPSA) is 72.9 Å². The van der Waals surface area contributed by atoms with Gasteiger partial charge in [0.2, 0.25) is 0 Å². The molecule has 1 aliphatic rings. The van der Waals surface area contributed by atoms with Gasteiger partial charge in [-0.05, 0) is 49.9 Å². The number of anilines is 2. The average Bonchev–Trinajstić information content (AvgIpc) is 3.12. The zero-order valence-corrected chi connectivity index (χ0v) is 16.8. The Balaban J connectivity index is 2.03. The smallest absolute Gasteiger partial charge is 0.326 e. The fraction of sp³-hybridized carbons (Fsp3) is 0.364. The third-order valence-corrected chi connectivity index (χ3v) is 5.30. The molecule has 1 atom stereocenters. The van der Waals surface area contributed by atoms with Gasteiger partial charge in [-0.3, -0.25) is 0 Å². The second-order valence-electron chi connectivity index (χ2n) is 7.48. The molecule has 0 saturated carbocycles. The second kappa shape index (κ2) is 7.92. The van der Waals surface area contributed by atoms with E-state index >= 15 is 0 Å². The maximum Gasteiger partial charge on any atom is 0.326 e. The first-order valence-corrected chi connectivity index (χ1v) is 9.48. The molecule has 3 rings (SSSR count). The predicted molar refractivity (Wildman–Crippen MR) is 112 cm³/mol. The Labute approximate surface area is 165 Å². The van der Waals surface area contributed by atoms with Crippen LogP contribution in [0.3, 0.4) is 0 Å². The summed E-state index contributed by atoms with van der Waals surface area (Å²) in [6.07, 6.45) is 1.19. The SMILES string of the molecule is Cc1cccc(NC(=O)N2CCCC2C(=O)O)c1-c1c(C)cccc1N(C)C. The van der Waals surface area contributed by atoms with Gasteiger partial charge in [-0.15, -0.1) is 0 Å². The normalized spacial score (nSPS) is 16.1. The Hall–Kier alpha value is -3.02. The summed E-state index contributed by atoms with van der Waals surface area (Å²) in [5, 5.41) is 12.4. The molecule has 1 saturated heterocycles. The van der Waals surface area contributed by atoms with Gasteiger partial charge in [-0.25, -0.2) is 9.59 Å². The molecular formula is C22H27N3O3. The van der Waals surface area contributed by atoms with E-state index in [9.17, 15) is 14.7 Å². The number of likely N-dealkylation sites (tertiary alicyclic amines) is 1. The molecule has 0 aromatic heterocycles. The van der Waals surface area contributed by atoms with Crippen molar-refractivity contribution in [1.82, 2.24) is 4.90 Å². The molecule has 1 aliphatic heterocycles. The number of rotatable bonds is 4. The van der Waals surface area contributed by atoms with Crippen molar-refractivity contribution in [3.8, 4) is 11.1 Å². The Kier molecular flexibility index (Phi) is 5.58. The molecule has 28 heavy (non-hydrogen) atoms. The third-order valence-electron chi connectivity index (χ3n) is 5.30. The van der Waals surface area contributed by atoms with E-state index in [-0.39, 0.29) is 6.03 Å². The zero-order valence-electron chi connectivity index (χ0n) is 16.8. The van der Waals surface area contributed by atoms with E-state index in [0.29, 0.717) is 25.1 Å². The van der Waals surface area contributed by atoms with Crippen molar-refractivity contribution in [2.24, 2.45) is 0 Å². The number of hydrogen-bond donors (Lipinski definition) is 2. The van der Waals surface area contributed by atoms with Gasteiger partial charge in [0.15, 0.2) is 0 Å². The van der Waals surface area contributed by atoms with Crippen LogP contribution in [-0.4, -0.2) is 48.7 Å². The first-order chi connectivity index (χ1) is 13.3. The zero-order chi connectivity index (χ0) is 20.4. The molecule has 2 aromatic carbocycles. The summed E-state index contributed by atoms with van der Waals surface area (Å²) in [4.78, 5) is 27.8. The number of aliphatic carboxylic acids is 1. The maximum absolute atomic E-state index is 12.9. The molecule has 1 unspecified atom stereocenters. The number of urea groups is 1. The summed E-state index contributed by atoms with van der Waals surface area (Å²) in [6.45, 7) is 4.53. The van der Waals surface area contributed by atoms with Gasteiger partial charge >= 0.3 is 12.0 Å². The number of carboxylic acids is 1. The number of carbonyl (C=O) groups is 2. The number of carbonyl (C=O) groups excluding carboxylic acids is 1. The number of nitrogens with one attached hydrogen (secondary N) is 1. The number of hydrogen-bond acceptors (Lipinski definition) is 3. The summed E-state index contributed by atoms with van der Waals surface area (Å²) in [7, 11) is 3.99. The minimum Gasteiger partial charge on any atom is -0.480 e. The molecule has 1 heterocycles. The Morgan fingerprint density at radius 1 is 1.07 bits per heavy atom. The van der Waals surface area contributed by atoms with E-state index in [1.165, 1.54) is 4.90 Å². The Bertz CT molecular complexity index is 908. The standard InChI is InChI=1S/C22H27N3O3/c1-14-8-5-10-16(23-22(28)25-13-7-12-18(25)21(26)27)19(14)20-15(2)9-6-11-17(20)24(3)4/h5-6,8-11,18H,7,12-13H2,1-4H3,(H,23,28)(H,26,27). The van der Waals surface area contributed by atoms with Gasteiger partial charge in [-0.2, -0.15) is 0 Å². The summed E-state index contributed by atoms with van der Waals surface area (Å²) in [6, 6.07) is 10.8. The number of benzene rings is 2. The Morgan fingerprint density at radius 2 is 1.71 bits per heavy atom. The molecule has 0 bridgehead atoms. The van der Waals surface area contributed by atoms with Crippen molar-refractivity contribution in [2.75, 3.05) is 30.9 Å². The minimum absolute atomic E-state index is 0.364. The molecule has 0 aliphatic carbocycles. The van der Waals surface area contributed by atoms with E-state index in [4.69, 9.17) is 0 Å². The van der Waals surface area contributed by atoms with Crippen molar-refractivity contribution in [3.05, 3.63) is 47.5 Å². The Morgan fingerprint density at radius 3 is 2.36 bits per heavy atom. The lowest BCUT2D eigenvalue weighted by atomic mass is 9.93. The monoisotopic (exact) mass is 381 g/mol. The van der Waals surface area contributed by atoms with Crippen molar-refractivity contribution in [3.63, 3.8) is 0 Å². The van der Waals surface area contributed by atoms with Crippen molar-refractivity contribution in [1.29, 1.82) is 0 Å². The van der Waals surface area contributed by atoms with E-state index in [0.717, 1.165) is 27.9 Å². The molecule has 2 aromatic rings. The first-order valence-electron chi connectivity index (χ1n) is 9.48. The van der Waals surface area contributed by atoms with Crippen LogP contribution in [0.25, 0.3) is 11.1 Å². The lowest BCUT2D eigenvalue weighted by Gasteiger charge is -2.25. The molecule has 2 N–H and O–H groups in total. The van der Waals surface area contributed by atoms with Crippen LogP contribution in [0.5, 0.6) is 0 Å². The minimum atomic E-state index is -0.953. The number of aryl methyl sites for hydroxylation is 2.